The largest absolute Gasteiger partial charge is 0.344 e. The fraction of sp³-hybridized carbons (Fsp3) is 0.429. The van der Waals surface area contributed by atoms with Gasteiger partial charge >= 0.3 is 0 Å². The molecule has 3 heteroatoms. The quantitative estimate of drug-likeness (QED) is 0.485. The van der Waals surface area contributed by atoms with E-state index in [4.69, 9.17) is 15.2 Å². The monoisotopic (exact) mass is 139 g/mol. The first-order valence-corrected chi connectivity index (χ1v) is 3.22. The number of rotatable bonds is 0. The average molecular weight is 139 g/mol. The lowest BCUT2D eigenvalue weighted by atomic mass is 10.1. The van der Waals surface area contributed by atoms with Gasteiger partial charge < -0.3 is 9.47 Å². The van der Waals surface area contributed by atoms with Gasteiger partial charge in [0.1, 0.15) is 0 Å². The second-order valence-electron chi connectivity index (χ2n) is 2.47. The molecule has 0 saturated carbocycles. The van der Waals surface area contributed by atoms with E-state index in [0.29, 0.717) is 0 Å². The van der Waals surface area contributed by atoms with Crippen molar-refractivity contribution in [3.63, 3.8) is 0 Å². The summed E-state index contributed by atoms with van der Waals surface area (Å²) in [6.45, 7) is 0.265. The molecule has 2 aliphatic heterocycles. The summed E-state index contributed by atoms with van der Waals surface area (Å²) in [5.41, 5.74) is 5.01. The summed E-state index contributed by atoms with van der Waals surface area (Å²) in [4.78, 5) is 0. The van der Waals surface area contributed by atoms with Gasteiger partial charge in [-0.3, -0.25) is 5.73 Å². The first-order valence-electron chi connectivity index (χ1n) is 3.22. The van der Waals surface area contributed by atoms with Gasteiger partial charge in [-0.15, -0.1) is 0 Å². The van der Waals surface area contributed by atoms with Gasteiger partial charge in [-0.2, -0.15) is 0 Å². The van der Waals surface area contributed by atoms with Gasteiger partial charge in [0.15, 0.2) is 12.5 Å². The van der Waals surface area contributed by atoms with E-state index in [0.717, 1.165) is 0 Å². The highest BCUT2D eigenvalue weighted by Crippen LogP contribution is 2.19. The third-order valence-corrected chi connectivity index (χ3v) is 1.66. The first-order chi connectivity index (χ1) is 4.79. The molecule has 1 aliphatic carbocycles. The Kier molecular flexibility index (Phi) is 1.17. The maximum Gasteiger partial charge on any atom is 0.158 e. The minimum Gasteiger partial charge on any atom is -0.344 e. The molecular weight excluding hydrogens is 130 g/mol. The topological polar surface area (TPSA) is 44.5 Å². The van der Waals surface area contributed by atoms with Crippen molar-refractivity contribution in [2.45, 2.75) is 11.8 Å². The summed E-state index contributed by atoms with van der Waals surface area (Å²) in [5, 5.41) is 0. The number of fused-ring (bicyclic) bond motifs is 2. The molecule has 0 unspecified atom stereocenters. The molecule has 0 amide bonds. The van der Waals surface area contributed by atoms with Crippen molar-refractivity contribution in [1.82, 2.24) is 0 Å². The van der Waals surface area contributed by atoms with Crippen LogP contribution in [-0.2, 0) is 9.47 Å². The lowest BCUT2D eigenvalue weighted by Crippen LogP contribution is -2.38. The molecule has 0 spiro atoms. The van der Waals surface area contributed by atoms with Gasteiger partial charge in [0.05, 0.1) is 6.10 Å². The molecule has 0 atom stereocenters. The lowest BCUT2D eigenvalue weighted by molar-refractivity contribution is -0.0916. The van der Waals surface area contributed by atoms with E-state index in [1.165, 1.54) is 0 Å². The molecule has 0 aromatic rings. The summed E-state index contributed by atoms with van der Waals surface area (Å²) in [6.07, 6.45) is 7.47. The summed E-state index contributed by atoms with van der Waals surface area (Å²) < 4.78 is 10.3. The van der Waals surface area contributed by atoms with Crippen molar-refractivity contribution >= 4 is 0 Å². The maximum absolute atomic E-state index is 5.72. The molecule has 2 bridgehead atoms. The molecule has 0 radical (unpaired) electrons. The SMILES string of the molecule is NC12C=CC(C=C1)OCO2. The standard InChI is InChI=1S/C7H9NO2/c8-7-3-1-6(2-4-7)9-5-10-7/h1-4,6H,5,8H2. The van der Waals surface area contributed by atoms with E-state index in [1.54, 1.807) is 0 Å². The van der Waals surface area contributed by atoms with Crippen molar-refractivity contribution in [3.8, 4) is 0 Å². The second kappa shape index (κ2) is 1.92. The lowest BCUT2D eigenvalue weighted by Gasteiger charge is -2.19. The van der Waals surface area contributed by atoms with Crippen molar-refractivity contribution in [1.29, 1.82) is 0 Å². The number of ether oxygens (including phenoxy) is 2. The van der Waals surface area contributed by atoms with Crippen LogP contribution in [0.25, 0.3) is 0 Å². The Morgan fingerprint density at radius 3 is 2.80 bits per heavy atom. The van der Waals surface area contributed by atoms with Crippen LogP contribution in [0.3, 0.4) is 0 Å². The van der Waals surface area contributed by atoms with Crippen LogP contribution < -0.4 is 5.73 Å². The highest BCUT2D eigenvalue weighted by Gasteiger charge is 2.26. The van der Waals surface area contributed by atoms with E-state index in [2.05, 4.69) is 0 Å². The van der Waals surface area contributed by atoms with E-state index in [1.807, 2.05) is 24.3 Å². The van der Waals surface area contributed by atoms with E-state index < -0.39 is 5.72 Å². The molecule has 0 fully saturated rings. The third-order valence-electron chi connectivity index (χ3n) is 1.66. The van der Waals surface area contributed by atoms with Gasteiger partial charge in [0, 0.05) is 0 Å². The fourth-order valence-electron chi connectivity index (χ4n) is 1.03. The van der Waals surface area contributed by atoms with Crippen molar-refractivity contribution in [3.05, 3.63) is 24.3 Å². The minimum absolute atomic E-state index is 0.0548. The van der Waals surface area contributed by atoms with Gasteiger partial charge in [-0.1, -0.05) is 12.2 Å². The Hall–Kier alpha value is -0.640. The zero-order valence-corrected chi connectivity index (χ0v) is 5.49. The molecule has 0 aromatic heterocycles. The predicted octanol–water partition coefficient (Wildman–Crippen LogP) is 0.140. The zero-order valence-electron chi connectivity index (χ0n) is 5.49. The van der Waals surface area contributed by atoms with Crippen molar-refractivity contribution in [2.24, 2.45) is 5.73 Å². The van der Waals surface area contributed by atoms with Crippen LogP contribution in [0.4, 0.5) is 0 Å². The highest BCUT2D eigenvalue weighted by atomic mass is 16.7. The van der Waals surface area contributed by atoms with Gasteiger partial charge in [0.25, 0.3) is 0 Å². The molecule has 2 N–H and O–H groups in total. The molecule has 3 rings (SSSR count). The smallest absolute Gasteiger partial charge is 0.158 e. The van der Waals surface area contributed by atoms with Crippen molar-refractivity contribution < 1.29 is 9.47 Å². The van der Waals surface area contributed by atoms with Gasteiger partial charge in [-0.25, -0.2) is 0 Å². The molecule has 10 heavy (non-hydrogen) atoms. The highest BCUT2D eigenvalue weighted by molar-refractivity contribution is 5.23. The molecule has 54 valence electrons. The molecule has 3 nitrogen and oxygen atoms in total. The summed E-state index contributed by atoms with van der Waals surface area (Å²) in [7, 11) is 0. The van der Waals surface area contributed by atoms with Gasteiger partial charge in [0.2, 0.25) is 0 Å². The van der Waals surface area contributed by atoms with Crippen molar-refractivity contribution in [2.75, 3.05) is 6.79 Å². The maximum atomic E-state index is 5.72. The second-order valence-corrected chi connectivity index (χ2v) is 2.47. The Bertz CT molecular complexity index is 184. The van der Waals surface area contributed by atoms with E-state index >= 15 is 0 Å². The molecule has 0 saturated heterocycles. The summed E-state index contributed by atoms with van der Waals surface area (Å²) in [5.74, 6) is 0. The summed E-state index contributed by atoms with van der Waals surface area (Å²) in [6, 6.07) is 0. The summed E-state index contributed by atoms with van der Waals surface area (Å²) >= 11 is 0. The number of hydrogen-bond acceptors (Lipinski definition) is 3. The fourth-order valence-corrected chi connectivity index (χ4v) is 1.03. The van der Waals surface area contributed by atoms with Gasteiger partial charge in [-0.05, 0) is 12.2 Å². The Morgan fingerprint density at radius 2 is 2.10 bits per heavy atom. The first kappa shape index (κ1) is 6.09. The number of hydrogen-bond donors (Lipinski definition) is 1. The Morgan fingerprint density at radius 1 is 1.40 bits per heavy atom. The van der Waals surface area contributed by atoms with Crippen LogP contribution in [0, 0.1) is 0 Å². The minimum atomic E-state index is -0.715. The predicted molar refractivity (Wildman–Crippen MR) is 36.0 cm³/mol. The Labute approximate surface area is 59.1 Å². The van der Waals surface area contributed by atoms with Crippen LogP contribution in [0.5, 0.6) is 0 Å². The normalized spacial score (nSPS) is 43.9. The molecule has 0 aromatic carbocycles. The molecular formula is C7H9NO2. The van der Waals surface area contributed by atoms with Crippen LogP contribution in [0.1, 0.15) is 0 Å². The van der Waals surface area contributed by atoms with Crippen LogP contribution in [0.15, 0.2) is 24.3 Å². The third kappa shape index (κ3) is 0.883. The van der Waals surface area contributed by atoms with Crippen LogP contribution in [-0.4, -0.2) is 18.6 Å². The van der Waals surface area contributed by atoms with Crippen LogP contribution in [0.2, 0.25) is 0 Å². The number of nitrogens with two attached hydrogens (primary N) is 1. The average Bonchev–Trinajstić information content (AvgIpc) is 2.19. The zero-order chi connectivity index (χ0) is 7.03. The molecule has 3 aliphatic rings. The van der Waals surface area contributed by atoms with E-state index in [9.17, 15) is 0 Å². The molecule has 2 heterocycles. The van der Waals surface area contributed by atoms with Crippen LogP contribution >= 0.6 is 0 Å². The Balaban J connectivity index is 2.31. The van der Waals surface area contributed by atoms with E-state index in [-0.39, 0.29) is 12.9 Å².